The Kier molecular flexibility index (Phi) is 12.3. The topological polar surface area (TPSA) is 142 Å². The lowest BCUT2D eigenvalue weighted by molar-refractivity contribution is -0.119. The lowest BCUT2D eigenvalue weighted by Crippen LogP contribution is -2.29. The van der Waals surface area contributed by atoms with Crippen LogP contribution in [-0.2, 0) is 22.4 Å². The minimum absolute atomic E-state index is 0.0278. The van der Waals surface area contributed by atoms with Crippen LogP contribution in [0.3, 0.4) is 0 Å². The highest BCUT2D eigenvalue weighted by atomic mass is 32.2. The zero-order valence-corrected chi connectivity index (χ0v) is 22.3. The van der Waals surface area contributed by atoms with E-state index in [0.29, 0.717) is 37.1 Å². The molecule has 2 aromatic carbocycles. The average molecular weight is 524 g/mol. The van der Waals surface area contributed by atoms with Gasteiger partial charge in [-0.05, 0) is 62.4 Å². The van der Waals surface area contributed by atoms with E-state index >= 15 is 0 Å². The minimum Gasteiger partial charge on any atom is -0.305 e. The van der Waals surface area contributed by atoms with Crippen LogP contribution in [0.4, 0.5) is 0 Å². The Morgan fingerprint density at radius 2 is 1.28 bits per heavy atom. The Morgan fingerprint density at radius 3 is 1.83 bits per heavy atom. The number of thioether (sulfide) groups is 2. The molecular formula is C27H33N5O2S2. The van der Waals surface area contributed by atoms with Gasteiger partial charge in [0.05, 0.1) is 28.0 Å². The molecule has 0 spiro atoms. The van der Waals surface area contributed by atoms with E-state index in [1.54, 1.807) is 0 Å². The van der Waals surface area contributed by atoms with Gasteiger partial charge >= 0.3 is 0 Å². The molecule has 36 heavy (non-hydrogen) atoms. The van der Waals surface area contributed by atoms with Crippen molar-refractivity contribution in [1.82, 2.24) is 5.32 Å². The maximum atomic E-state index is 12.2. The molecule has 0 aliphatic carbocycles. The third-order valence-corrected chi connectivity index (χ3v) is 6.67. The number of nitrogens with one attached hydrogen (secondary N) is 5. The fourth-order valence-electron chi connectivity index (χ4n) is 3.48. The minimum atomic E-state index is -0.281. The molecule has 9 heteroatoms. The summed E-state index contributed by atoms with van der Waals surface area (Å²) in [4.78, 5) is 24.3. The first-order valence-corrected chi connectivity index (χ1v) is 13.3. The number of hydrogen-bond donors (Lipinski definition) is 5. The van der Waals surface area contributed by atoms with Gasteiger partial charge in [0, 0.05) is 6.42 Å². The Bertz CT molecular complexity index is 1060. The second kappa shape index (κ2) is 15.2. The molecule has 0 atom stereocenters. The summed E-state index contributed by atoms with van der Waals surface area (Å²) in [7, 11) is 0. The van der Waals surface area contributed by atoms with Crippen molar-refractivity contribution in [1.29, 1.82) is 21.6 Å². The first-order chi connectivity index (χ1) is 17.1. The van der Waals surface area contributed by atoms with Gasteiger partial charge in [-0.15, -0.1) is 0 Å². The number of hydrogen-bond acceptors (Lipinski definition) is 8. The highest BCUT2D eigenvalue weighted by Gasteiger charge is 2.12. The second-order valence-corrected chi connectivity index (χ2v) is 10.9. The monoisotopic (exact) mass is 523 g/mol. The van der Waals surface area contributed by atoms with E-state index in [9.17, 15) is 9.59 Å². The molecule has 5 N–H and O–H groups in total. The van der Waals surface area contributed by atoms with Gasteiger partial charge in [0.25, 0.3) is 0 Å². The number of carbonyl (C=O) groups excluding carboxylic acids is 2. The van der Waals surface area contributed by atoms with Crippen molar-refractivity contribution in [3.63, 3.8) is 0 Å². The molecule has 7 nitrogen and oxygen atoms in total. The molecule has 2 aromatic rings. The van der Waals surface area contributed by atoms with Crippen LogP contribution in [-0.4, -0.2) is 32.0 Å². The zero-order valence-electron chi connectivity index (χ0n) is 20.7. The van der Waals surface area contributed by atoms with Crippen LogP contribution in [0.25, 0.3) is 0 Å². The van der Waals surface area contributed by atoms with Crippen LogP contribution in [0.15, 0.2) is 48.5 Å². The van der Waals surface area contributed by atoms with Gasteiger partial charge in [-0.1, -0.05) is 71.4 Å². The highest BCUT2D eigenvalue weighted by molar-refractivity contribution is 8.26. The summed E-state index contributed by atoms with van der Waals surface area (Å²) in [6, 6.07) is 15.4. The van der Waals surface area contributed by atoms with Crippen LogP contribution in [0.1, 0.15) is 54.4 Å². The standard InChI is InChI=1S/C27H33N5O2S2/c1-18-7-5-9-20(13-18)15-22(33)17-25(30)35-23(28)11-3-4-12-24(29)36-27(31)32-26(34)16-21-10-6-8-19(2)14-21/h5-10,13-14,28-30H,3-4,11-12,15-17H2,1-2H3,(H2,31,32,34). The molecule has 2 rings (SSSR count). The van der Waals surface area contributed by atoms with Crippen molar-refractivity contribution < 1.29 is 9.59 Å². The predicted octanol–water partition coefficient (Wildman–Crippen LogP) is 6.06. The number of ketones is 1. The normalized spacial score (nSPS) is 10.5. The quantitative estimate of drug-likeness (QED) is 0.139. The molecule has 0 heterocycles. The maximum absolute atomic E-state index is 12.2. The molecule has 0 bridgehead atoms. The Hall–Kier alpha value is -3.04. The van der Waals surface area contributed by atoms with Crippen LogP contribution in [0.5, 0.6) is 0 Å². The van der Waals surface area contributed by atoms with Crippen molar-refractivity contribution in [3.8, 4) is 0 Å². The number of carbonyl (C=O) groups is 2. The number of unbranched alkanes of at least 4 members (excludes halogenated alkanes) is 1. The van der Waals surface area contributed by atoms with E-state index in [0.717, 1.165) is 45.8 Å². The van der Waals surface area contributed by atoms with Crippen LogP contribution >= 0.6 is 23.5 Å². The van der Waals surface area contributed by atoms with Gasteiger partial charge in [0.1, 0.15) is 5.78 Å². The number of rotatable bonds is 11. The SMILES string of the molecule is Cc1cccc(CC(=O)CC(=N)SC(=N)CCCCC(=N)SC(=N)NC(=O)Cc2cccc(C)c2)c1. The molecule has 0 fully saturated rings. The molecule has 1 amide bonds. The zero-order chi connectivity index (χ0) is 26.5. The van der Waals surface area contributed by atoms with Crippen molar-refractivity contribution in [2.45, 2.75) is 58.8 Å². The van der Waals surface area contributed by atoms with Crippen molar-refractivity contribution in [2.24, 2.45) is 0 Å². The van der Waals surface area contributed by atoms with Gasteiger partial charge in [-0.3, -0.25) is 31.2 Å². The van der Waals surface area contributed by atoms with E-state index < -0.39 is 0 Å². The summed E-state index contributed by atoms with van der Waals surface area (Å²) >= 11 is 1.95. The van der Waals surface area contributed by atoms with Crippen LogP contribution in [0, 0.1) is 35.5 Å². The first-order valence-electron chi connectivity index (χ1n) is 11.7. The van der Waals surface area contributed by atoms with Gasteiger partial charge in [0.15, 0.2) is 5.17 Å². The van der Waals surface area contributed by atoms with Gasteiger partial charge in [0.2, 0.25) is 5.91 Å². The van der Waals surface area contributed by atoms with E-state index in [2.05, 4.69) is 5.32 Å². The molecule has 0 aromatic heterocycles. The third-order valence-electron chi connectivity index (χ3n) is 5.07. The summed E-state index contributed by atoms with van der Waals surface area (Å²) in [5.41, 5.74) is 3.98. The predicted molar refractivity (Wildman–Crippen MR) is 152 cm³/mol. The summed E-state index contributed by atoms with van der Waals surface area (Å²) < 4.78 is 0. The van der Waals surface area contributed by atoms with Crippen molar-refractivity contribution in [3.05, 3.63) is 70.8 Å². The fraction of sp³-hybridized carbons (Fsp3) is 0.333. The van der Waals surface area contributed by atoms with Crippen molar-refractivity contribution in [2.75, 3.05) is 0 Å². The number of benzene rings is 2. The van der Waals surface area contributed by atoms with Crippen LogP contribution < -0.4 is 5.32 Å². The lowest BCUT2D eigenvalue weighted by Gasteiger charge is -2.08. The van der Waals surface area contributed by atoms with Gasteiger partial charge in [-0.25, -0.2) is 0 Å². The summed E-state index contributed by atoms with van der Waals surface area (Å²) in [6.07, 6.45) is 2.77. The Morgan fingerprint density at radius 1 is 0.750 bits per heavy atom. The van der Waals surface area contributed by atoms with Crippen molar-refractivity contribution >= 4 is 55.5 Å². The lowest BCUT2D eigenvalue weighted by atomic mass is 10.1. The molecule has 0 saturated heterocycles. The van der Waals surface area contributed by atoms with Gasteiger partial charge in [-0.2, -0.15) is 0 Å². The number of Topliss-reactive ketones (excluding diaryl/α,β-unsaturated/α-hetero) is 1. The molecular weight excluding hydrogens is 490 g/mol. The first kappa shape index (κ1) is 29.2. The average Bonchev–Trinajstić information content (AvgIpc) is 2.76. The molecule has 0 radical (unpaired) electrons. The van der Waals surface area contributed by atoms with Gasteiger partial charge < -0.3 is 5.32 Å². The molecule has 0 aliphatic rings. The smallest absolute Gasteiger partial charge is 0.230 e. The maximum Gasteiger partial charge on any atom is 0.230 e. The molecule has 190 valence electrons. The summed E-state index contributed by atoms with van der Waals surface area (Å²) in [5, 5.41) is 35.3. The van der Waals surface area contributed by atoms with E-state index in [1.165, 1.54) is 0 Å². The summed E-state index contributed by atoms with van der Waals surface area (Å²) in [6.45, 7) is 3.93. The molecule has 0 saturated carbocycles. The van der Waals surface area contributed by atoms with Crippen LogP contribution in [0.2, 0.25) is 0 Å². The Labute approximate surface area is 221 Å². The highest BCUT2D eigenvalue weighted by Crippen LogP contribution is 2.17. The fourth-order valence-corrected chi connectivity index (χ4v) is 4.91. The largest absolute Gasteiger partial charge is 0.305 e. The molecule has 0 aliphatic heterocycles. The van der Waals surface area contributed by atoms with E-state index in [-0.39, 0.29) is 39.8 Å². The number of aryl methyl sites for hydroxylation is 2. The van der Waals surface area contributed by atoms with E-state index in [4.69, 9.17) is 21.6 Å². The van der Waals surface area contributed by atoms with E-state index in [1.807, 2.05) is 62.4 Å². The summed E-state index contributed by atoms with van der Waals surface area (Å²) in [5.74, 6) is -0.319. The molecule has 0 unspecified atom stereocenters. The second-order valence-electron chi connectivity index (χ2n) is 8.61. The number of amides is 1. The Balaban J connectivity index is 1.58. The number of amidine groups is 1. The third kappa shape index (κ3) is 12.1.